The van der Waals surface area contributed by atoms with E-state index in [9.17, 15) is 0 Å². The molecule has 0 radical (unpaired) electrons. The van der Waals surface area contributed by atoms with Crippen molar-refractivity contribution in [3.8, 4) is 16.9 Å². The molecule has 1 aliphatic rings. The van der Waals surface area contributed by atoms with E-state index in [1.165, 1.54) is 5.16 Å². The predicted octanol–water partition coefficient (Wildman–Crippen LogP) is 1.85. The molecule has 4 rings (SSSR count). The van der Waals surface area contributed by atoms with Crippen LogP contribution in [0.3, 0.4) is 0 Å². The monoisotopic (exact) mass is 426 g/mol. The molecule has 0 aliphatic carbocycles. The summed E-state index contributed by atoms with van der Waals surface area (Å²) in [6, 6.07) is 16.1. The van der Waals surface area contributed by atoms with Crippen molar-refractivity contribution in [2.45, 2.75) is 11.7 Å². The summed E-state index contributed by atoms with van der Waals surface area (Å²) in [4.78, 5) is 0. The van der Waals surface area contributed by atoms with Gasteiger partial charge in [0.2, 0.25) is 0 Å². The molecule has 0 fully saturated rings. The van der Waals surface area contributed by atoms with Crippen molar-refractivity contribution >= 4 is 35.0 Å². The van der Waals surface area contributed by atoms with Gasteiger partial charge in [0.25, 0.3) is 0 Å². The first-order chi connectivity index (χ1) is 10.7. The maximum absolute atomic E-state index is 6.41. The lowest BCUT2D eigenvalue weighted by molar-refractivity contribution is -0.713. The summed E-state index contributed by atoms with van der Waals surface area (Å²) in [5, 5.41) is 2.59. The molecule has 3 aromatic rings. The fraction of sp³-hybridized carbons (Fsp3) is 0.118. The van der Waals surface area contributed by atoms with Crippen molar-refractivity contribution in [2.75, 3.05) is 5.75 Å². The molecule has 2 heterocycles. The van der Waals surface area contributed by atoms with Crippen LogP contribution in [0.15, 0.2) is 59.9 Å². The third kappa shape index (κ3) is 3.05. The van der Waals surface area contributed by atoms with E-state index >= 15 is 0 Å². The number of thioether (sulfide) groups is 1. The highest BCUT2D eigenvalue weighted by Gasteiger charge is 2.31. The van der Waals surface area contributed by atoms with E-state index in [4.69, 9.17) is 23.2 Å². The Hall–Kier alpha value is -0.940. The van der Waals surface area contributed by atoms with E-state index in [1.54, 1.807) is 6.07 Å². The molecule has 0 saturated heterocycles. The summed E-state index contributed by atoms with van der Waals surface area (Å²) >= 11 is 14.3. The van der Waals surface area contributed by atoms with Crippen LogP contribution in [0.5, 0.6) is 0 Å². The van der Waals surface area contributed by atoms with Crippen LogP contribution in [0.4, 0.5) is 0 Å². The van der Waals surface area contributed by atoms with Gasteiger partial charge in [0, 0.05) is 16.3 Å². The molecule has 2 nitrogen and oxygen atoms in total. The average molecular weight is 428 g/mol. The van der Waals surface area contributed by atoms with Gasteiger partial charge < -0.3 is 17.0 Å². The van der Waals surface area contributed by atoms with Crippen LogP contribution < -0.4 is 21.5 Å². The summed E-state index contributed by atoms with van der Waals surface area (Å²) < 4.78 is 4.56. The quantitative estimate of drug-likeness (QED) is 0.567. The first kappa shape index (κ1) is 16.9. The maximum Gasteiger partial charge on any atom is 0.323 e. The van der Waals surface area contributed by atoms with E-state index in [0.29, 0.717) is 10.0 Å². The van der Waals surface area contributed by atoms with Gasteiger partial charge in [-0.2, -0.15) is 4.57 Å². The minimum atomic E-state index is 0. The number of fused-ring (bicyclic) bond motifs is 1. The summed E-state index contributed by atoms with van der Waals surface area (Å²) in [5.74, 6) is 1.08. The zero-order valence-electron chi connectivity index (χ0n) is 12.0. The van der Waals surface area contributed by atoms with Gasteiger partial charge in [-0.1, -0.05) is 41.4 Å². The Balaban J connectivity index is 0.00000156. The molecule has 0 spiro atoms. The molecule has 0 N–H and O–H groups in total. The van der Waals surface area contributed by atoms with Crippen molar-refractivity contribution in [3.05, 3.63) is 64.8 Å². The smallest absolute Gasteiger partial charge is 0.323 e. The fourth-order valence-electron chi connectivity index (χ4n) is 2.76. The van der Waals surface area contributed by atoms with Crippen molar-refractivity contribution in [3.63, 3.8) is 0 Å². The molecule has 0 saturated carbocycles. The Morgan fingerprint density at radius 2 is 1.83 bits per heavy atom. The van der Waals surface area contributed by atoms with E-state index in [1.807, 2.05) is 30.0 Å². The number of hydrogen-bond donors (Lipinski definition) is 0. The number of aromatic nitrogens is 2. The number of nitrogens with zero attached hydrogens (tertiary/aromatic N) is 2. The van der Waals surface area contributed by atoms with Crippen LogP contribution in [0, 0.1) is 0 Å². The van der Waals surface area contributed by atoms with Crippen LogP contribution >= 0.6 is 35.0 Å². The number of imidazole rings is 1. The largest absolute Gasteiger partial charge is 1.00 e. The minimum absolute atomic E-state index is 0. The minimum Gasteiger partial charge on any atom is -1.00 e. The van der Waals surface area contributed by atoms with Gasteiger partial charge in [-0.15, -0.1) is 0 Å². The van der Waals surface area contributed by atoms with E-state index in [-0.39, 0.29) is 17.0 Å². The van der Waals surface area contributed by atoms with Gasteiger partial charge in [0.1, 0.15) is 18.4 Å². The molecule has 0 amide bonds. The van der Waals surface area contributed by atoms with E-state index in [2.05, 4.69) is 39.6 Å². The number of benzene rings is 2. The second-order valence-electron chi connectivity index (χ2n) is 5.13. The maximum atomic E-state index is 6.41. The van der Waals surface area contributed by atoms with Crippen molar-refractivity contribution in [1.82, 2.24) is 4.57 Å². The highest BCUT2D eigenvalue weighted by Crippen LogP contribution is 2.33. The van der Waals surface area contributed by atoms with Crippen molar-refractivity contribution in [2.24, 2.45) is 0 Å². The zero-order valence-corrected chi connectivity index (χ0v) is 16.0. The third-order valence-electron chi connectivity index (χ3n) is 3.77. The number of rotatable bonds is 2. The second-order valence-corrected chi connectivity index (χ2v) is 7.03. The van der Waals surface area contributed by atoms with Gasteiger partial charge in [-0.05, 0) is 42.1 Å². The van der Waals surface area contributed by atoms with Gasteiger partial charge in [-0.3, -0.25) is 0 Å². The van der Waals surface area contributed by atoms with Gasteiger partial charge in [0.05, 0.1) is 5.02 Å². The van der Waals surface area contributed by atoms with Crippen LogP contribution in [0.25, 0.3) is 16.9 Å². The molecule has 1 aromatic heterocycles. The summed E-state index contributed by atoms with van der Waals surface area (Å²) in [5.41, 5.74) is 3.31. The fourth-order valence-corrected chi connectivity index (χ4v) is 4.36. The molecule has 23 heavy (non-hydrogen) atoms. The Kier molecular flexibility index (Phi) is 5.07. The summed E-state index contributed by atoms with van der Waals surface area (Å²) in [6.07, 6.45) is 2.16. The summed E-state index contributed by atoms with van der Waals surface area (Å²) in [7, 11) is 0. The van der Waals surface area contributed by atoms with Crippen LogP contribution in [0.1, 0.15) is 0 Å². The first-order valence-electron chi connectivity index (χ1n) is 7.03. The molecule has 0 bridgehead atoms. The Morgan fingerprint density at radius 1 is 1.04 bits per heavy atom. The van der Waals surface area contributed by atoms with Crippen molar-refractivity contribution in [1.29, 1.82) is 0 Å². The molecule has 2 aromatic carbocycles. The standard InChI is InChI=1S/C17H13Cl2N2S.BrH/c18-12-6-7-14(15(19)10-12)16-11-21(13-4-2-1-3-5-13)17-20(16)8-9-22-17;/h1-7,10-11H,8-9H2;1H/q+1;/p-1. The lowest BCUT2D eigenvalue weighted by atomic mass is 10.1. The molecule has 1 aliphatic heterocycles. The topological polar surface area (TPSA) is 8.81 Å². The molecule has 0 unspecified atom stereocenters. The lowest BCUT2D eigenvalue weighted by Gasteiger charge is -2.01. The first-order valence-corrected chi connectivity index (χ1v) is 8.77. The van der Waals surface area contributed by atoms with Gasteiger partial charge >= 0.3 is 5.16 Å². The number of halogens is 3. The Labute approximate surface area is 159 Å². The third-order valence-corrected chi connectivity index (χ3v) is 5.38. The normalized spacial score (nSPS) is 12.8. The second kappa shape index (κ2) is 6.89. The molecule has 0 atom stereocenters. The van der Waals surface area contributed by atoms with Crippen molar-refractivity contribution < 1.29 is 21.5 Å². The SMILES string of the molecule is Clc1ccc(-c2cn(-c3ccccc3)c3[n+]2CCS3)c(Cl)c1.[Br-]. The average Bonchev–Trinajstić information content (AvgIpc) is 3.11. The van der Waals surface area contributed by atoms with E-state index in [0.717, 1.165) is 29.2 Å². The Bertz CT molecular complexity index is 849. The molecular formula is C17H13BrCl2N2S. The molecule has 118 valence electrons. The summed E-state index contributed by atoms with van der Waals surface area (Å²) in [6.45, 7) is 0.994. The van der Waals surface area contributed by atoms with Crippen LogP contribution in [-0.4, -0.2) is 10.3 Å². The highest BCUT2D eigenvalue weighted by atomic mass is 79.9. The van der Waals surface area contributed by atoms with Crippen LogP contribution in [0.2, 0.25) is 10.0 Å². The lowest BCUT2D eigenvalue weighted by Crippen LogP contribution is -3.00. The highest BCUT2D eigenvalue weighted by molar-refractivity contribution is 7.99. The van der Waals surface area contributed by atoms with Gasteiger partial charge in [0.15, 0.2) is 5.69 Å². The van der Waals surface area contributed by atoms with Crippen LogP contribution in [-0.2, 0) is 6.54 Å². The number of hydrogen-bond acceptors (Lipinski definition) is 1. The molecule has 6 heteroatoms. The van der Waals surface area contributed by atoms with E-state index < -0.39 is 0 Å². The molecular weight excluding hydrogens is 415 g/mol. The predicted molar refractivity (Wildman–Crippen MR) is 92.1 cm³/mol. The zero-order chi connectivity index (χ0) is 15.1. The van der Waals surface area contributed by atoms with Gasteiger partial charge in [-0.25, -0.2) is 4.57 Å². The number of para-hydroxylation sites is 1. The Morgan fingerprint density at radius 3 is 2.57 bits per heavy atom.